The molecule has 0 aromatic heterocycles. The van der Waals surface area contributed by atoms with Crippen LogP contribution in [0, 0.1) is 0 Å². The fraction of sp³-hybridized carbons (Fsp3) is 0.949. The van der Waals surface area contributed by atoms with Gasteiger partial charge in [0.2, 0.25) is 0 Å². The molecule has 0 spiro atoms. The highest BCUT2D eigenvalue weighted by Gasteiger charge is 2.16. The summed E-state index contributed by atoms with van der Waals surface area (Å²) in [6.07, 6.45) is 38.7. The van der Waals surface area contributed by atoms with Gasteiger partial charge in [-0.25, -0.2) is 0 Å². The molecular formula is C39H76O5. The molecular weight excluding hydrogens is 548 g/mol. The normalized spacial score (nSPS) is 12.0. The van der Waals surface area contributed by atoms with Crippen molar-refractivity contribution in [1.82, 2.24) is 0 Å². The van der Waals surface area contributed by atoms with E-state index in [2.05, 4.69) is 13.8 Å². The molecule has 0 amide bonds. The highest BCUT2D eigenvalue weighted by Crippen LogP contribution is 2.15. The number of ether oxygens (including phenoxy) is 2. The molecule has 0 heterocycles. The van der Waals surface area contributed by atoms with E-state index in [1.165, 1.54) is 161 Å². The maximum absolute atomic E-state index is 12.1. The largest absolute Gasteiger partial charge is 0.462 e. The molecule has 0 rings (SSSR count). The van der Waals surface area contributed by atoms with Crippen LogP contribution in [0.5, 0.6) is 0 Å². The highest BCUT2D eigenvalue weighted by atomic mass is 16.6. The average Bonchev–Trinajstić information content (AvgIpc) is 3.02. The fourth-order valence-corrected chi connectivity index (χ4v) is 5.91. The van der Waals surface area contributed by atoms with Gasteiger partial charge in [-0.3, -0.25) is 9.59 Å². The van der Waals surface area contributed by atoms with E-state index in [1.807, 2.05) is 0 Å². The molecule has 0 aliphatic carbocycles. The molecule has 5 heteroatoms. The molecule has 1 unspecified atom stereocenters. The minimum Gasteiger partial charge on any atom is -0.462 e. The first-order valence-electron chi connectivity index (χ1n) is 19.6. The van der Waals surface area contributed by atoms with Crippen LogP contribution in [0.3, 0.4) is 0 Å². The maximum Gasteiger partial charge on any atom is 0.306 e. The molecule has 262 valence electrons. The number of unbranched alkanes of at least 4 members (excludes halogenated alkanes) is 28. The Morgan fingerprint density at radius 2 is 0.705 bits per heavy atom. The molecule has 44 heavy (non-hydrogen) atoms. The van der Waals surface area contributed by atoms with E-state index in [9.17, 15) is 14.7 Å². The Morgan fingerprint density at radius 3 is 1.00 bits per heavy atom. The summed E-state index contributed by atoms with van der Waals surface area (Å²) in [5.74, 6) is -0.575. The zero-order valence-electron chi connectivity index (χ0n) is 29.7. The van der Waals surface area contributed by atoms with E-state index in [0.717, 1.165) is 32.1 Å². The summed E-state index contributed by atoms with van der Waals surface area (Å²) in [5, 5.41) is 9.54. The van der Waals surface area contributed by atoms with E-state index < -0.39 is 6.10 Å². The summed E-state index contributed by atoms with van der Waals surface area (Å²) in [4.78, 5) is 24.2. The SMILES string of the molecule is CCCCCCCCCCCCCCCCCC(=O)OCC(CO)OC(=O)CCCCCCCCCCCCCCCCC. The molecule has 0 bridgehead atoms. The average molecular weight is 625 g/mol. The van der Waals surface area contributed by atoms with Crippen molar-refractivity contribution in [2.45, 2.75) is 225 Å². The summed E-state index contributed by atoms with van der Waals surface area (Å²) < 4.78 is 10.6. The summed E-state index contributed by atoms with van der Waals surface area (Å²) >= 11 is 0. The van der Waals surface area contributed by atoms with Gasteiger partial charge >= 0.3 is 11.9 Å². The maximum atomic E-state index is 12.1. The summed E-state index contributed by atoms with van der Waals surface area (Å²) in [6.45, 7) is 4.16. The van der Waals surface area contributed by atoms with Crippen LogP contribution in [0.4, 0.5) is 0 Å². The molecule has 0 aromatic carbocycles. The van der Waals surface area contributed by atoms with Gasteiger partial charge in [-0.2, -0.15) is 0 Å². The number of carbonyl (C=O) groups excluding carboxylic acids is 2. The molecule has 1 N–H and O–H groups in total. The van der Waals surface area contributed by atoms with Crippen molar-refractivity contribution in [2.75, 3.05) is 13.2 Å². The third kappa shape index (κ3) is 33.8. The van der Waals surface area contributed by atoms with Gasteiger partial charge in [0.25, 0.3) is 0 Å². The van der Waals surface area contributed by atoms with Crippen molar-refractivity contribution in [3.8, 4) is 0 Å². The second-order valence-electron chi connectivity index (χ2n) is 13.4. The van der Waals surface area contributed by atoms with E-state index in [-0.39, 0.29) is 25.2 Å². The van der Waals surface area contributed by atoms with E-state index in [1.54, 1.807) is 0 Å². The molecule has 1 atom stereocenters. The number of hydrogen-bond acceptors (Lipinski definition) is 5. The Hall–Kier alpha value is -1.10. The van der Waals surface area contributed by atoms with Crippen molar-refractivity contribution in [3.63, 3.8) is 0 Å². The molecule has 0 radical (unpaired) electrons. The third-order valence-corrected chi connectivity index (χ3v) is 8.90. The van der Waals surface area contributed by atoms with E-state index >= 15 is 0 Å². The minimum absolute atomic E-state index is 0.0569. The van der Waals surface area contributed by atoms with Gasteiger partial charge in [0.05, 0.1) is 6.61 Å². The minimum atomic E-state index is -0.760. The fourth-order valence-electron chi connectivity index (χ4n) is 5.91. The van der Waals surface area contributed by atoms with E-state index in [4.69, 9.17) is 9.47 Å². The lowest BCUT2D eigenvalue weighted by Crippen LogP contribution is -2.28. The van der Waals surface area contributed by atoms with Gasteiger partial charge in [0, 0.05) is 12.8 Å². The smallest absolute Gasteiger partial charge is 0.306 e. The predicted octanol–water partition coefficient (Wildman–Crippen LogP) is 12.0. The third-order valence-electron chi connectivity index (χ3n) is 8.90. The molecule has 0 aliphatic heterocycles. The van der Waals surface area contributed by atoms with Crippen LogP contribution in [0.1, 0.15) is 219 Å². The lowest BCUT2D eigenvalue weighted by molar-refractivity contribution is -0.161. The first kappa shape index (κ1) is 42.9. The van der Waals surface area contributed by atoms with Crippen LogP contribution in [0.15, 0.2) is 0 Å². The molecule has 0 aliphatic rings. The molecule has 5 nitrogen and oxygen atoms in total. The van der Waals surface area contributed by atoms with Crippen molar-refractivity contribution < 1.29 is 24.2 Å². The first-order valence-corrected chi connectivity index (χ1v) is 19.6. The Labute approximate surface area is 274 Å². The monoisotopic (exact) mass is 625 g/mol. The second-order valence-corrected chi connectivity index (χ2v) is 13.4. The quantitative estimate of drug-likeness (QED) is 0.0554. The molecule has 0 saturated carbocycles. The Balaban J connectivity index is 3.49. The van der Waals surface area contributed by atoms with E-state index in [0.29, 0.717) is 12.8 Å². The summed E-state index contributed by atoms with van der Waals surface area (Å²) in [5.41, 5.74) is 0. The zero-order valence-corrected chi connectivity index (χ0v) is 29.7. The van der Waals surface area contributed by atoms with Crippen molar-refractivity contribution in [3.05, 3.63) is 0 Å². The first-order chi connectivity index (χ1) is 21.6. The molecule has 0 fully saturated rings. The highest BCUT2D eigenvalue weighted by molar-refractivity contribution is 5.70. The number of carbonyl (C=O) groups is 2. The lowest BCUT2D eigenvalue weighted by atomic mass is 10.0. The number of rotatable bonds is 36. The van der Waals surface area contributed by atoms with Crippen LogP contribution in [-0.2, 0) is 19.1 Å². The van der Waals surface area contributed by atoms with Gasteiger partial charge in [0.15, 0.2) is 6.10 Å². The van der Waals surface area contributed by atoms with Crippen LogP contribution in [0.2, 0.25) is 0 Å². The van der Waals surface area contributed by atoms with Crippen LogP contribution >= 0.6 is 0 Å². The zero-order chi connectivity index (χ0) is 32.2. The second kappa shape index (κ2) is 36.4. The van der Waals surface area contributed by atoms with Crippen LogP contribution in [-0.4, -0.2) is 36.4 Å². The number of esters is 2. The van der Waals surface area contributed by atoms with Gasteiger partial charge in [-0.05, 0) is 12.8 Å². The summed E-state index contributed by atoms with van der Waals surface area (Å²) in [7, 11) is 0. The predicted molar refractivity (Wildman–Crippen MR) is 187 cm³/mol. The Morgan fingerprint density at radius 1 is 0.432 bits per heavy atom. The molecule has 0 aromatic rings. The van der Waals surface area contributed by atoms with Crippen molar-refractivity contribution in [2.24, 2.45) is 0 Å². The number of aliphatic hydroxyl groups is 1. The van der Waals surface area contributed by atoms with Gasteiger partial charge in [-0.1, -0.05) is 194 Å². The van der Waals surface area contributed by atoms with Gasteiger partial charge in [0.1, 0.15) is 6.61 Å². The molecule has 0 saturated heterocycles. The van der Waals surface area contributed by atoms with Crippen LogP contribution in [0.25, 0.3) is 0 Å². The van der Waals surface area contributed by atoms with Crippen molar-refractivity contribution >= 4 is 11.9 Å². The Kier molecular flexibility index (Phi) is 35.5. The van der Waals surface area contributed by atoms with Crippen molar-refractivity contribution in [1.29, 1.82) is 0 Å². The topological polar surface area (TPSA) is 72.8 Å². The summed E-state index contributed by atoms with van der Waals surface area (Å²) in [6, 6.07) is 0. The van der Waals surface area contributed by atoms with Crippen LogP contribution < -0.4 is 0 Å². The standard InChI is InChI=1S/C39H76O5/c1-3-5-7-9-11-13-15-17-19-21-23-25-27-29-31-33-38(41)43-36-37(35-40)44-39(42)34-32-30-28-26-24-22-20-18-16-14-12-10-8-6-4-2/h37,40H,3-36H2,1-2H3. The lowest BCUT2D eigenvalue weighted by Gasteiger charge is -2.15. The Bertz CT molecular complexity index is 593. The van der Waals surface area contributed by atoms with Gasteiger partial charge in [-0.15, -0.1) is 0 Å². The number of aliphatic hydroxyl groups excluding tert-OH is 1. The number of hydrogen-bond donors (Lipinski definition) is 1. The van der Waals surface area contributed by atoms with Gasteiger partial charge < -0.3 is 14.6 Å².